The lowest BCUT2D eigenvalue weighted by Gasteiger charge is -2.06. The predicted molar refractivity (Wildman–Crippen MR) is 42.8 cm³/mol. The van der Waals surface area contributed by atoms with Gasteiger partial charge in [-0.3, -0.25) is 4.79 Å². The molecule has 60 valence electrons. The minimum Gasteiger partial charge on any atom is -0.324 e. The second-order valence-electron chi connectivity index (χ2n) is 2.71. The maximum Gasteiger partial charge on any atom is 0.149 e. The van der Waals surface area contributed by atoms with Crippen molar-refractivity contribution in [3.05, 3.63) is 0 Å². The van der Waals surface area contributed by atoms with E-state index in [1.807, 2.05) is 6.92 Å². The van der Waals surface area contributed by atoms with Crippen LogP contribution in [0.2, 0.25) is 0 Å². The van der Waals surface area contributed by atoms with Crippen molar-refractivity contribution in [1.29, 1.82) is 0 Å². The minimum atomic E-state index is 0.171. The van der Waals surface area contributed by atoms with E-state index in [-0.39, 0.29) is 18.2 Å². The fraction of sp³-hybridized carbons (Fsp3) is 0.875. The summed E-state index contributed by atoms with van der Waals surface area (Å²) in [7, 11) is 0. The van der Waals surface area contributed by atoms with E-state index in [1.54, 1.807) is 0 Å². The topological polar surface area (TPSA) is 43.1 Å². The molecule has 0 amide bonds. The van der Waals surface area contributed by atoms with Gasteiger partial charge in [-0.25, -0.2) is 0 Å². The third-order valence-electron chi connectivity index (χ3n) is 1.74. The van der Waals surface area contributed by atoms with Gasteiger partial charge in [0.2, 0.25) is 0 Å². The van der Waals surface area contributed by atoms with E-state index in [0.717, 1.165) is 19.3 Å². The Morgan fingerprint density at radius 3 is 2.60 bits per heavy atom. The van der Waals surface area contributed by atoms with E-state index in [2.05, 4.69) is 6.92 Å². The molecule has 0 saturated heterocycles. The Bertz CT molecular complexity index is 101. The first kappa shape index (κ1) is 9.63. The molecular weight excluding hydrogens is 126 g/mol. The smallest absolute Gasteiger partial charge is 0.149 e. The summed E-state index contributed by atoms with van der Waals surface area (Å²) in [5.41, 5.74) is 5.20. The van der Waals surface area contributed by atoms with Gasteiger partial charge in [0.15, 0.2) is 0 Å². The van der Waals surface area contributed by atoms with Crippen LogP contribution in [-0.4, -0.2) is 12.3 Å². The molecule has 0 fully saturated rings. The van der Waals surface area contributed by atoms with Gasteiger partial charge in [0.05, 0.1) is 6.54 Å². The van der Waals surface area contributed by atoms with E-state index < -0.39 is 0 Å². The second kappa shape index (κ2) is 5.42. The number of rotatable bonds is 5. The highest BCUT2D eigenvalue weighted by atomic mass is 16.1. The minimum absolute atomic E-state index is 0.171. The average molecular weight is 143 g/mol. The van der Waals surface area contributed by atoms with Gasteiger partial charge in [0.1, 0.15) is 5.78 Å². The highest BCUT2D eigenvalue weighted by Gasteiger charge is 2.08. The normalized spacial score (nSPS) is 13.1. The highest BCUT2D eigenvalue weighted by Crippen LogP contribution is 2.07. The Kier molecular flexibility index (Phi) is 5.22. The van der Waals surface area contributed by atoms with Crippen LogP contribution in [0.4, 0.5) is 0 Å². The van der Waals surface area contributed by atoms with Crippen LogP contribution in [0.5, 0.6) is 0 Å². The van der Waals surface area contributed by atoms with Crippen molar-refractivity contribution in [1.82, 2.24) is 0 Å². The van der Waals surface area contributed by atoms with Crippen molar-refractivity contribution in [2.45, 2.75) is 33.1 Å². The molecule has 0 aliphatic heterocycles. The third-order valence-corrected chi connectivity index (χ3v) is 1.74. The van der Waals surface area contributed by atoms with Crippen LogP contribution in [0, 0.1) is 5.92 Å². The summed E-state index contributed by atoms with van der Waals surface area (Å²) in [6.07, 6.45) is 3.28. The highest BCUT2D eigenvalue weighted by molar-refractivity contribution is 5.82. The van der Waals surface area contributed by atoms with Crippen LogP contribution in [0.25, 0.3) is 0 Å². The number of carbonyl (C=O) groups is 1. The second-order valence-corrected chi connectivity index (χ2v) is 2.71. The standard InChI is InChI=1S/C8H17NO/c1-3-4-5-7(2)8(10)6-9/h7H,3-6,9H2,1-2H3. The fourth-order valence-electron chi connectivity index (χ4n) is 0.872. The van der Waals surface area contributed by atoms with Gasteiger partial charge >= 0.3 is 0 Å². The number of Topliss-reactive ketones (excluding diaryl/α,β-unsaturated/α-hetero) is 1. The van der Waals surface area contributed by atoms with Crippen LogP contribution < -0.4 is 5.73 Å². The molecule has 10 heavy (non-hydrogen) atoms. The molecule has 0 aromatic carbocycles. The van der Waals surface area contributed by atoms with E-state index in [4.69, 9.17) is 5.73 Å². The van der Waals surface area contributed by atoms with Gasteiger partial charge in [-0.1, -0.05) is 26.7 Å². The van der Waals surface area contributed by atoms with Gasteiger partial charge in [-0.15, -0.1) is 0 Å². The molecule has 0 bridgehead atoms. The van der Waals surface area contributed by atoms with Crippen molar-refractivity contribution in [2.75, 3.05) is 6.54 Å². The molecule has 1 atom stereocenters. The molecule has 2 nitrogen and oxygen atoms in total. The molecule has 0 aromatic rings. The molecule has 0 heterocycles. The lowest BCUT2D eigenvalue weighted by atomic mass is 10.00. The molecule has 0 aliphatic carbocycles. The number of hydrogen-bond acceptors (Lipinski definition) is 2. The van der Waals surface area contributed by atoms with Crippen molar-refractivity contribution >= 4 is 5.78 Å². The Balaban J connectivity index is 3.41. The largest absolute Gasteiger partial charge is 0.324 e. The lowest BCUT2D eigenvalue weighted by Crippen LogP contribution is -2.20. The Morgan fingerprint density at radius 1 is 1.60 bits per heavy atom. The summed E-state index contributed by atoms with van der Waals surface area (Å²) in [5, 5.41) is 0. The van der Waals surface area contributed by atoms with Crippen molar-refractivity contribution in [2.24, 2.45) is 11.7 Å². The van der Waals surface area contributed by atoms with Gasteiger partial charge in [0, 0.05) is 5.92 Å². The molecule has 0 saturated carbocycles. The molecule has 2 N–H and O–H groups in total. The van der Waals surface area contributed by atoms with E-state index in [1.165, 1.54) is 0 Å². The van der Waals surface area contributed by atoms with Crippen molar-refractivity contribution in [3.63, 3.8) is 0 Å². The van der Waals surface area contributed by atoms with Crippen LogP contribution in [0.1, 0.15) is 33.1 Å². The first-order chi connectivity index (χ1) is 4.72. The van der Waals surface area contributed by atoms with E-state index >= 15 is 0 Å². The summed E-state index contributed by atoms with van der Waals surface area (Å²) in [4.78, 5) is 10.9. The van der Waals surface area contributed by atoms with Crippen LogP contribution in [-0.2, 0) is 4.79 Å². The van der Waals surface area contributed by atoms with Crippen LogP contribution in [0.15, 0.2) is 0 Å². The van der Waals surface area contributed by atoms with Gasteiger partial charge in [0.25, 0.3) is 0 Å². The lowest BCUT2D eigenvalue weighted by molar-refractivity contribution is -0.121. The summed E-state index contributed by atoms with van der Waals surface area (Å²) in [6.45, 7) is 4.27. The number of nitrogens with two attached hydrogens (primary N) is 1. The Labute approximate surface area is 62.8 Å². The first-order valence-corrected chi connectivity index (χ1v) is 3.95. The number of carbonyl (C=O) groups excluding carboxylic acids is 1. The monoisotopic (exact) mass is 143 g/mol. The molecule has 1 unspecified atom stereocenters. The number of unbranched alkanes of at least 4 members (excludes halogenated alkanes) is 1. The first-order valence-electron chi connectivity index (χ1n) is 3.95. The zero-order valence-corrected chi connectivity index (χ0v) is 6.89. The number of ketones is 1. The average Bonchev–Trinajstić information content (AvgIpc) is 1.98. The SMILES string of the molecule is CCCCC(C)C(=O)CN. The van der Waals surface area contributed by atoms with E-state index in [9.17, 15) is 4.79 Å². The number of hydrogen-bond donors (Lipinski definition) is 1. The van der Waals surface area contributed by atoms with Gasteiger partial charge in [-0.05, 0) is 6.42 Å². The summed E-state index contributed by atoms with van der Waals surface area (Å²) in [6, 6.07) is 0. The maximum absolute atomic E-state index is 10.9. The van der Waals surface area contributed by atoms with Gasteiger partial charge < -0.3 is 5.73 Å². The van der Waals surface area contributed by atoms with Crippen LogP contribution >= 0.6 is 0 Å². The Morgan fingerprint density at radius 2 is 2.20 bits per heavy atom. The third kappa shape index (κ3) is 3.62. The maximum atomic E-state index is 10.9. The summed E-state index contributed by atoms with van der Waals surface area (Å²) in [5.74, 6) is 0.360. The van der Waals surface area contributed by atoms with Crippen molar-refractivity contribution in [3.8, 4) is 0 Å². The van der Waals surface area contributed by atoms with Crippen LogP contribution in [0.3, 0.4) is 0 Å². The van der Waals surface area contributed by atoms with Crippen molar-refractivity contribution < 1.29 is 4.79 Å². The molecule has 0 aromatic heterocycles. The molecular formula is C8H17NO. The molecule has 0 rings (SSSR count). The zero-order valence-electron chi connectivity index (χ0n) is 6.89. The van der Waals surface area contributed by atoms with E-state index in [0.29, 0.717) is 0 Å². The van der Waals surface area contributed by atoms with Gasteiger partial charge in [-0.2, -0.15) is 0 Å². The molecule has 0 aliphatic rings. The predicted octanol–water partition coefficient (Wildman–Crippen LogP) is 1.34. The quantitative estimate of drug-likeness (QED) is 0.631. The molecule has 2 heteroatoms. The Hall–Kier alpha value is -0.370. The fourth-order valence-corrected chi connectivity index (χ4v) is 0.872. The summed E-state index contributed by atoms with van der Waals surface area (Å²) < 4.78 is 0. The molecule has 0 spiro atoms. The zero-order chi connectivity index (χ0) is 7.98. The summed E-state index contributed by atoms with van der Waals surface area (Å²) >= 11 is 0. The molecule has 0 radical (unpaired) electrons.